The highest BCUT2D eigenvalue weighted by molar-refractivity contribution is 9.13. The SMILES string of the molecule is CCOC(=O)Cc1cc(F)cc(Br)c1Br. The quantitative estimate of drug-likeness (QED) is 0.622. The van der Waals surface area contributed by atoms with Gasteiger partial charge in [0.25, 0.3) is 0 Å². The topological polar surface area (TPSA) is 26.3 Å². The zero-order valence-corrected chi connectivity index (χ0v) is 11.2. The van der Waals surface area contributed by atoms with Crippen LogP contribution in [0.5, 0.6) is 0 Å². The Balaban J connectivity index is 2.89. The monoisotopic (exact) mass is 338 g/mol. The minimum Gasteiger partial charge on any atom is -0.466 e. The summed E-state index contributed by atoms with van der Waals surface area (Å²) >= 11 is 6.46. The maximum absolute atomic E-state index is 13.0. The number of halogens is 3. The Morgan fingerprint density at radius 1 is 1.47 bits per heavy atom. The molecule has 0 atom stereocenters. The Morgan fingerprint density at radius 3 is 2.73 bits per heavy atom. The molecule has 1 aromatic carbocycles. The molecular formula is C10H9Br2FO2. The molecule has 0 unspecified atom stereocenters. The largest absolute Gasteiger partial charge is 0.466 e. The number of rotatable bonds is 3. The van der Waals surface area contributed by atoms with Crippen LogP contribution in [0.15, 0.2) is 21.1 Å². The lowest BCUT2D eigenvalue weighted by molar-refractivity contribution is -0.142. The van der Waals surface area contributed by atoms with Crippen LogP contribution >= 0.6 is 31.9 Å². The van der Waals surface area contributed by atoms with Crippen LogP contribution in [-0.4, -0.2) is 12.6 Å². The van der Waals surface area contributed by atoms with Crippen molar-refractivity contribution in [1.82, 2.24) is 0 Å². The Morgan fingerprint density at radius 2 is 2.13 bits per heavy atom. The second kappa shape index (κ2) is 5.61. The summed E-state index contributed by atoms with van der Waals surface area (Å²) in [6.07, 6.45) is 0.0603. The molecule has 1 rings (SSSR count). The summed E-state index contributed by atoms with van der Waals surface area (Å²) in [6.45, 7) is 2.06. The van der Waals surface area contributed by atoms with Crippen molar-refractivity contribution in [2.45, 2.75) is 13.3 Å². The standard InChI is InChI=1S/C10H9Br2FO2/c1-2-15-9(14)4-6-3-7(13)5-8(11)10(6)12/h3,5H,2,4H2,1H3. The van der Waals surface area contributed by atoms with Crippen molar-refractivity contribution < 1.29 is 13.9 Å². The maximum Gasteiger partial charge on any atom is 0.310 e. The summed E-state index contributed by atoms with van der Waals surface area (Å²) in [7, 11) is 0. The molecule has 0 aliphatic rings. The zero-order valence-electron chi connectivity index (χ0n) is 8.02. The number of carbonyl (C=O) groups is 1. The van der Waals surface area contributed by atoms with Crippen LogP contribution in [0.3, 0.4) is 0 Å². The first kappa shape index (κ1) is 12.6. The van der Waals surface area contributed by atoms with Gasteiger partial charge in [0, 0.05) is 8.95 Å². The molecule has 0 radical (unpaired) electrons. The molecule has 0 fully saturated rings. The van der Waals surface area contributed by atoms with Gasteiger partial charge in [0.15, 0.2) is 0 Å². The number of benzene rings is 1. The van der Waals surface area contributed by atoms with Gasteiger partial charge < -0.3 is 4.74 Å². The van der Waals surface area contributed by atoms with Crippen molar-refractivity contribution in [3.05, 3.63) is 32.5 Å². The summed E-state index contributed by atoms with van der Waals surface area (Å²) in [5.74, 6) is -0.750. The average molecular weight is 340 g/mol. The molecule has 0 spiro atoms. The van der Waals surface area contributed by atoms with E-state index in [9.17, 15) is 9.18 Å². The van der Waals surface area contributed by atoms with Gasteiger partial charge in [0.2, 0.25) is 0 Å². The lowest BCUT2D eigenvalue weighted by Gasteiger charge is -2.06. The lowest BCUT2D eigenvalue weighted by Crippen LogP contribution is -2.08. The summed E-state index contributed by atoms with van der Waals surface area (Å²) < 4.78 is 19.1. The van der Waals surface area contributed by atoms with Crippen molar-refractivity contribution in [1.29, 1.82) is 0 Å². The summed E-state index contributed by atoms with van der Waals surface area (Å²) in [5, 5.41) is 0. The van der Waals surface area contributed by atoms with Gasteiger partial charge in [-0.2, -0.15) is 0 Å². The van der Waals surface area contributed by atoms with E-state index in [1.807, 2.05) is 0 Å². The van der Waals surface area contributed by atoms with Gasteiger partial charge in [-0.15, -0.1) is 0 Å². The highest BCUT2D eigenvalue weighted by Gasteiger charge is 2.11. The maximum atomic E-state index is 13.0. The summed E-state index contributed by atoms with van der Waals surface area (Å²) in [4.78, 5) is 11.2. The van der Waals surface area contributed by atoms with Gasteiger partial charge >= 0.3 is 5.97 Å². The van der Waals surface area contributed by atoms with E-state index < -0.39 is 0 Å². The number of hydrogen-bond donors (Lipinski definition) is 0. The van der Waals surface area contributed by atoms with Gasteiger partial charge in [0.05, 0.1) is 13.0 Å². The Labute approximate surface area is 104 Å². The molecule has 0 N–H and O–H groups in total. The van der Waals surface area contributed by atoms with E-state index >= 15 is 0 Å². The van der Waals surface area contributed by atoms with Gasteiger partial charge in [-0.1, -0.05) is 0 Å². The third-order valence-corrected chi connectivity index (χ3v) is 3.80. The van der Waals surface area contributed by atoms with Crippen LogP contribution in [0.4, 0.5) is 4.39 Å². The smallest absolute Gasteiger partial charge is 0.310 e. The lowest BCUT2D eigenvalue weighted by atomic mass is 10.1. The summed E-state index contributed by atoms with van der Waals surface area (Å²) in [6, 6.07) is 2.64. The Kier molecular flexibility index (Phi) is 4.73. The third kappa shape index (κ3) is 3.57. The van der Waals surface area contributed by atoms with Crippen LogP contribution in [0.25, 0.3) is 0 Å². The van der Waals surface area contributed by atoms with Crippen LogP contribution in [0.2, 0.25) is 0 Å². The van der Waals surface area contributed by atoms with Crippen molar-refractivity contribution in [3.8, 4) is 0 Å². The number of hydrogen-bond acceptors (Lipinski definition) is 2. The average Bonchev–Trinajstić information content (AvgIpc) is 2.13. The molecule has 82 valence electrons. The molecule has 0 aliphatic heterocycles. The number of carbonyl (C=O) groups excluding carboxylic acids is 1. The van der Waals surface area contributed by atoms with E-state index in [0.29, 0.717) is 21.1 Å². The van der Waals surface area contributed by atoms with Crippen LogP contribution in [0, 0.1) is 5.82 Å². The van der Waals surface area contributed by atoms with Gasteiger partial charge in [0.1, 0.15) is 5.82 Å². The fourth-order valence-corrected chi connectivity index (χ4v) is 1.95. The Bertz CT molecular complexity index is 380. The second-order valence-electron chi connectivity index (χ2n) is 2.84. The van der Waals surface area contributed by atoms with Crippen molar-refractivity contribution in [3.63, 3.8) is 0 Å². The molecule has 0 aromatic heterocycles. The fraction of sp³-hybridized carbons (Fsp3) is 0.300. The van der Waals surface area contributed by atoms with E-state index in [0.717, 1.165) is 0 Å². The first-order valence-corrected chi connectivity index (χ1v) is 5.92. The van der Waals surface area contributed by atoms with Crippen molar-refractivity contribution in [2.75, 3.05) is 6.61 Å². The van der Waals surface area contributed by atoms with Gasteiger partial charge in [-0.3, -0.25) is 4.79 Å². The van der Waals surface area contributed by atoms with E-state index in [2.05, 4.69) is 31.9 Å². The van der Waals surface area contributed by atoms with Crippen LogP contribution in [0.1, 0.15) is 12.5 Å². The number of ether oxygens (including phenoxy) is 1. The molecular weight excluding hydrogens is 331 g/mol. The second-order valence-corrected chi connectivity index (χ2v) is 4.49. The molecule has 0 saturated carbocycles. The fourth-order valence-electron chi connectivity index (χ4n) is 1.11. The predicted molar refractivity (Wildman–Crippen MR) is 62.1 cm³/mol. The highest BCUT2D eigenvalue weighted by Crippen LogP contribution is 2.28. The zero-order chi connectivity index (χ0) is 11.4. The van der Waals surface area contributed by atoms with Gasteiger partial charge in [-0.05, 0) is 56.5 Å². The number of esters is 1. The molecule has 0 saturated heterocycles. The van der Waals surface area contributed by atoms with E-state index in [1.165, 1.54) is 12.1 Å². The third-order valence-electron chi connectivity index (χ3n) is 1.71. The molecule has 0 aliphatic carbocycles. The van der Waals surface area contributed by atoms with Crippen LogP contribution in [-0.2, 0) is 16.0 Å². The molecule has 0 amide bonds. The van der Waals surface area contributed by atoms with Crippen molar-refractivity contribution >= 4 is 37.8 Å². The molecule has 5 heteroatoms. The normalized spacial score (nSPS) is 10.1. The molecule has 2 nitrogen and oxygen atoms in total. The molecule has 15 heavy (non-hydrogen) atoms. The highest BCUT2D eigenvalue weighted by atomic mass is 79.9. The van der Waals surface area contributed by atoms with Crippen LogP contribution < -0.4 is 0 Å². The first-order chi connectivity index (χ1) is 7.04. The molecule has 0 heterocycles. The first-order valence-electron chi connectivity index (χ1n) is 4.33. The van der Waals surface area contributed by atoms with Gasteiger partial charge in [-0.25, -0.2) is 4.39 Å². The molecule has 1 aromatic rings. The predicted octanol–water partition coefficient (Wildman–Crippen LogP) is 3.46. The Hall–Kier alpha value is -0.420. The minimum atomic E-state index is -0.385. The molecule has 0 bridgehead atoms. The van der Waals surface area contributed by atoms with E-state index in [-0.39, 0.29) is 18.2 Å². The minimum absolute atomic E-state index is 0.0603. The van der Waals surface area contributed by atoms with E-state index in [1.54, 1.807) is 6.92 Å². The summed E-state index contributed by atoms with van der Waals surface area (Å²) in [5.41, 5.74) is 0.570. The van der Waals surface area contributed by atoms with Crippen molar-refractivity contribution in [2.24, 2.45) is 0 Å². The van der Waals surface area contributed by atoms with E-state index in [4.69, 9.17) is 4.74 Å².